The van der Waals surface area contributed by atoms with Crippen molar-refractivity contribution in [3.8, 4) is 0 Å². The molecule has 0 aromatic carbocycles. The van der Waals surface area contributed by atoms with Crippen molar-refractivity contribution in [2.24, 2.45) is 5.92 Å². The Labute approximate surface area is 110 Å². The predicted octanol–water partition coefficient (Wildman–Crippen LogP) is 5.40. The van der Waals surface area contributed by atoms with Crippen molar-refractivity contribution in [1.29, 1.82) is 0 Å². The van der Waals surface area contributed by atoms with E-state index in [1.165, 1.54) is 32.1 Å². The van der Waals surface area contributed by atoms with Crippen molar-refractivity contribution in [1.82, 2.24) is 0 Å². The Morgan fingerprint density at radius 1 is 0.882 bits per heavy atom. The van der Waals surface area contributed by atoms with Gasteiger partial charge in [0.25, 0.3) is 0 Å². The minimum Gasteiger partial charge on any atom is -0.134 e. The topological polar surface area (TPSA) is 0 Å². The SMILES string of the molecule is C[Si](C)(C)C(=C=CC1CCCCC1)[Si](C)(C)C. The first-order valence-corrected chi connectivity index (χ1v) is 14.2. The molecule has 0 radical (unpaired) electrons. The molecule has 0 aromatic heterocycles. The zero-order valence-corrected chi connectivity index (χ0v) is 14.7. The van der Waals surface area contributed by atoms with Gasteiger partial charge in [0.05, 0.1) is 16.1 Å². The third-order valence-electron chi connectivity index (χ3n) is 3.61. The van der Waals surface area contributed by atoms with E-state index in [9.17, 15) is 0 Å². The maximum Gasteiger partial charge on any atom is 0.0772 e. The highest BCUT2D eigenvalue weighted by atomic mass is 28.4. The van der Waals surface area contributed by atoms with E-state index in [4.69, 9.17) is 0 Å². The monoisotopic (exact) mass is 266 g/mol. The molecule has 1 saturated carbocycles. The number of hydrogen-bond acceptors (Lipinski definition) is 0. The van der Waals surface area contributed by atoms with Crippen molar-refractivity contribution >= 4 is 16.1 Å². The second-order valence-electron chi connectivity index (χ2n) is 7.58. The summed E-state index contributed by atoms with van der Waals surface area (Å²) in [5.74, 6) is 0.825. The number of allylic oxidation sites excluding steroid dienone is 1. The van der Waals surface area contributed by atoms with Gasteiger partial charge in [-0.05, 0) is 24.8 Å². The van der Waals surface area contributed by atoms with Gasteiger partial charge in [-0.1, -0.05) is 63.4 Å². The van der Waals surface area contributed by atoms with Gasteiger partial charge in [0.15, 0.2) is 0 Å². The summed E-state index contributed by atoms with van der Waals surface area (Å²) < 4.78 is 0. The quantitative estimate of drug-likeness (QED) is 0.474. The van der Waals surface area contributed by atoms with Gasteiger partial charge in [-0.2, -0.15) is 0 Å². The average Bonchev–Trinajstić information content (AvgIpc) is 2.15. The molecule has 0 bridgehead atoms. The van der Waals surface area contributed by atoms with Gasteiger partial charge >= 0.3 is 0 Å². The molecule has 0 nitrogen and oxygen atoms in total. The molecular formula is C15H30Si2. The molecular weight excluding hydrogens is 236 g/mol. The van der Waals surface area contributed by atoms with Gasteiger partial charge < -0.3 is 0 Å². The van der Waals surface area contributed by atoms with Crippen LogP contribution in [0.25, 0.3) is 0 Å². The standard InChI is InChI=1S/C15H30Si2/c1-16(2,3)15(17(4,5)6)13-12-14-10-8-7-9-11-14/h12,14H,7-11H2,1-6H3. The first kappa shape index (κ1) is 15.0. The van der Waals surface area contributed by atoms with Gasteiger partial charge in [0, 0.05) is 0 Å². The highest BCUT2D eigenvalue weighted by Crippen LogP contribution is 2.27. The normalized spacial score (nSPS) is 18.7. The molecule has 1 fully saturated rings. The first-order chi connectivity index (χ1) is 7.71. The van der Waals surface area contributed by atoms with Gasteiger partial charge in [-0.3, -0.25) is 0 Å². The van der Waals surface area contributed by atoms with Crippen LogP contribution < -0.4 is 0 Å². The fraction of sp³-hybridized carbons (Fsp3) is 0.800. The summed E-state index contributed by atoms with van der Waals surface area (Å²) in [4.78, 5) is 1.73. The molecule has 0 heterocycles. The summed E-state index contributed by atoms with van der Waals surface area (Å²) in [5.41, 5.74) is 3.78. The molecule has 98 valence electrons. The Kier molecular flexibility index (Phi) is 5.06. The molecule has 0 unspecified atom stereocenters. The van der Waals surface area contributed by atoms with Crippen LogP contribution in [0.5, 0.6) is 0 Å². The Balaban J connectivity index is 2.93. The highest BCUT2D eigenvalue weighted by Gasteiger charge is 2.30. The van der Waals surface area contributed by atoms with Crippen LogP contribution in [-0.2, 0) is 0 Å². The molecule has 0 amide bonds. The summed E-state index contributed by atoms with van der Waals surface area (Å²) in [5, 5.41) is 0. The zero-order chi connectivity index (χ0) is 13.1. The zero-order valence-electron chi connectivity index (χ0n) is 12.7. The third kappa shape index (κ3) is 4.99. The van der Waals surface area contributed by atoms with E-state index in [1.54, 1.807) is 4.82 Å². The van der Waals surface area contributed by atoms with Crippen molar-refractivity contribution in [3.63, 3.8) is 0 Å². The van der Waals surface area contributed by atoms with Crippen LogP contribution in [0.15, 0.2) is 16.6 Å². The summed E-state index contributed by atoms with van der Waals surface area (Å²) in [6.07, 6.45) is 9.54. The van der Waals surface area contributed by atoms with Gasteiger partial charge in [-0.15, -0.1) is 5.73 Å². The van der Waals surface area contributed by atoms with E-state index in [1.807, 2.05) is 0 Å². The van der Waals surface area contributed by atoms with Crippen LogP contribution in [0.3, 0.4) is 0 Å². The van der Waals surface area contributed by atoms with Crippen LogP contribution in [0, 0.1) is 5.92 Å². The van der Waals surface area contributed by atoms with E-state index >= 15 is 0 Å². The van der Waals surface area contributed by atoms with E-state index in [-0.39, 0.29) is 0 Å². The maximum atomic E-state index is 3.78. The Bertz CT molecular complexity index is 287. The van der Waals surface area contributed by atoms with Crippen molar-refractivity contribution in [3.05, 3.63) is 16.6 Å². The summed E-state index contributed by atoms with van der Waals surface area (Å²) >= 11 is 0. The lowest BCUT2D eigenvalue weighted by Crippen LogP contribution is -2.39. The number of rotatable bonds is 3. The molecule has 1 aliphatic carbocycles. The fourth-order valence-corrected chi connectivity index (χ4v) is 13.1. The number of hydrogen-bond donors (Lipinski definition) is 0. The molecule has 2 heteroatoms. The lowest BCUT2D eigenvalue weighted by molar-refractivity contribution is 0.420. The van der Waals surface area contributed by atoms with Crippen molar-refractivity contribution in [2.45, 2.75) is 71.4 Å². The van der Waals surface area contributed by atoms with Crippen LogP contribution in [0.4, 0.5) is 0 Å². The fourth-order valence-electron chi connectivity index (χ4n) is 3.06. The summed E-state index contributed by atoms with van der Waals surface area (Å²) in [6, 6.07) is 0. The molecule has 0 aromatic rings. The molecule has 17 heavy (non-hydrogen) atoms. The minimum atomic E-state index is -1.17. The smallest absolute Gasteiger partial charge is 0.0772 e. The van der Waals surface area contributed by atoms with E-state index in [0.717, 1.165) is 5.92 Å². The molecule has 0 spiro atoms. The Morgan fingerprint density at radius 3 is 1.76 bits per heavy atom. The molecule has 0 N–H and O–H groups in total. The Morgan fingerprint density at radius 2 is 1.35 bits per heavy atom. The van der Waals surface area contributed by atoms with Crippen LogP contribution in [-0.4, -0.2) is 16.1 Å². The Hall–Kier alpha value is -0.0462. The van der Waals surface area contributed by atoms with Crippen molar-refractivity contribution < 1.29 is 0 Å². The lowest BCUT2D eigenvalue weighted by atomic mass is 9.89. The summed E-state index contributed by atoms with van der Waals surface area (Å²) in [6.45, 7) is 14.8. The molecule has 0 saturated heterocycles. The van der Waals surface area contributed by atoms with E-state index in [2.05, 4.69) is 51.1 Å². The van der Waals surface area contributed by atoms with Gasteiger partial charge in [0.2, 0.25) is 0 Å². The molecule has 1 rings (SSSR count). The average molecular weight is 267 g/mol. The van der Waals surface area contributed by atoms with Crippen molar-refractivity contribution in [2.75, 3.05) is 0 Å². The molecule has 0 aliphatic heterocycles. The van der Waals surface area contributed by atoms with Gasteiger partial charge in [-0.25, -0.2) is 0 Å². The largest absolute Gasteiger partial charge is 0.134 e. The molecule has 0 atom stereocenters. The second kappa shape index (κ2) is 5.73. The molecule has 1 aliphatic rings. The second-order valence-corrected chi connectivity index (χ2v) is 18.1. The van der Waals surface area contributed by atoms with E-state index in [0.29, 0.717) is 0 Å². The predicted molar refractivity (Wildman–Crippen MR) is 84.9 cm³/mol. The van der Waals surface area contributed by atoms with E-state index < -0.39 is 16.1 Å². The van der Waals surface area contributed by atoms with Gasteiger partial charge in [0.1, 0.15) is 0 Å². The van der Waals surface area contributed by atoms with Crippen LogP contribution in [0.2, 0.25) is 39.3 Å². The van der Waals surface area contributed by atoms with Crippen LogP contribution in [0.1, 0.15) is 32.1 Å². The minimum absolute atomic E-state index is 0.825. The first-order valence-electron chi connectivity index (χ1n) is 7.19. The lowest BCUT2D eigenvalue weighted by Gasteiger charge is -2.29. The third-order valence-corrected chi connectivity index (χ3v) is 11.4. The van der Waals surface area contributed by atoms with Crippen LogP contribution >= 0.6 is 0 Å². The summed E-state index contributed by atoms with van der Waals surface area (Å²) in [7, 11) is -2.34. The highest BCUT2D eigenvalue weighted by molar-refractivity contribution is 7.04. The maximum absolute atomic E-state index is 3.78.